The van der Waals surface area contributed by atoms with Crippen molar-refractivity contribution in [3.8, 4) is 5.75 Å². The smallest absolute Gasteiger partial charge is 0.410 e. The van der Waals surface area contributed by atoms with Crippen molar-refractivity contribution < 1.29 is 13.9 Å². The van der Waals surface area contributed by atoms with Gasteiger partial charge in [0.05, 0.1) is 4.47 Å². The van der Waals surface area contributed by atoms with Crippen LogP contribution in [0.4, 0.5) is 9.18 Å². The van der Waals surface area contributed by atoms with Gasteiger partial charge >= 0.3 is 6.09 Å². The largest absolute Gasteiger partial charge is 0.412 e. The van der Waals surface area contributed by atoms with Crippen molar-refractivity contribution in [3.05, 3.63) is 28.5 Å². The number of amides is 1. The van der Waals surface area contributed by atoms with Crippen molar-refractivity contribution in [1.82, 2.24) is 5.32 Å². The summed E-state index contributed by atoms with van der Waals surface area (Å²) in [6.07, 6.45) is 5.06. The van der Waals surface area contributed by atoms with Gasteiger partial charge in [0.1, 0.15) is 11.6 Å². The van der Waals surface area contributed by atoms with Crippen molar-refractivity contribution >= 4 is 22.0 Å². The van der Waals surface area contributed by atoms with E-state index in [9.17, 15) is 9.18 Å². The van der Waals surface area contributed by atoms with Gasteiger partial charge < -0.3 is 10.1 Å². The third-order valence-corrected chi connectivity index (χ3v) is 3.64. The van der Waals surface area contributed by atoms with Gasteiger partial charge in [-0.05, 0) is 47.0 Å². The van der Waals surface area contributed by atoms with Crippen LogP contribution >= 0.6 is 15.9 Å². The quantitative estimate of drug-likeness (QED) is 0.895. The molecular weight excluding hydrogens is 301 g/mol. The van der Waals surface area contributed by atoms with E-state index in [1.165, 1.54) is 24.6 Å². The van der Waals surface area contributed by atoms with Crippen LogP contribution in [0, 0.1) is 5.82 Å². The van der Waals surface area contributed by atoms with Gasteiger partial charge in [0.15, 0.2) is 0 Å². The van der Waals surface area contributed by atoms with Gasteiger partial charge in [0.25, 0.3) is 0 Å². The minimum Gasteiger partial charge on any atom is -0.410 e. The van der Waals surface area contributed by atoms with E-state index in [1.807, 2.05) is 0 Å². The Morgan fingerprint density at radius 3 is 2.72 bits per heavy atom. The molecule has 1 aliphatic carbocycles. The molecule has 1 aromatic carbocycles. The highest BCUT2D eigenvalue weighted by atomic mass is 79.9. The summed E-state index contributed by atoms with van der Waals surface area (Å²) in [6, 6.07) is 4.33. The van der Waals surface area contributed by atoms with E-state index in [2.05, 4.69) is 21.2 Å². The summed E-state index contributed by atoms with van der Waals surface area (Å²) in [5, 5.41) is 2.83. The topological polar surface area (TPSA) is 38.3 Å². The van der Waals surface area contributed by atoms with Crippen LogP contribution < -0.4 is 10.1 Å². The molecule has 1 aliphatic rings. The molecule has 18 heavy (non-hydrogen) atoms. The van der Waals surface area contributed by atoms with Crippen LogP contribution in [0.25, 0.3) is 0 Å². The van der Waals surface area contributed by atoms with Crippen molar-refractivity contribution in [3.63, 3.8) is 0 Å². The molecule has 3 nitrogen and oxygen atoms in total. The molecule has 5 heteroatoms. The fourth-order valence-electron chi connectivity index (χ4n) is 2.09. The molecule has 0 spiro atoms. The van der Waals surface area contributed by atoms with E-state index in [0.717, 1.165) is 25.7 Å². The second-order valence-corrected chi connectivity index (χ2v) is 5.30. The van der Waals surface area contributed by atoms with Crippen molar-refractivity contribution in [1.29, 1.82) is 0 Å². The van der Waals surface area contributed by atoms with Gasteiger partial charge in [-0.2, -0.15) is 0 Å². The van der Waals surface area contributed by atoms with Gasteiger partial charge in [-0.3, -0.25) is 0 Å². The lowest BCUT2D eigenvalue weighted by Gasteiger charge is -2.22. The molecule has 0 unspecified atom stereocenters. The zero-order valence-electron chi connectivity index (χ0n) is 9.92. The molecule has 0 saturated heterocycles. The molecule has 1 N–H and O–H groups in total. The standard InChI is InChI=1S/C13H15BrFNO2/c14-11-8-10(6-7-12(11)15)18-13(17)16-9-4-2-1-3-5-9/h6-9H,1-5H2,(H,16,17). The molecule has 0 radical (unpaired) electrons. The summed E-state index contributed by atoms with van der Waals surface area (Å²) in [5.41, 5.74) is 0. The van der Waals surface area contributed by atoms with Gasteiger partial charge in [-0.25, -0.2) is 9.18 Å². The molecule has 0 aliphatic heterocycles. The molecule has 1 aromatic rings. The summed E-state index contributed by atoms with van der Waals surface area (Å²) < 4.78 is 18.4. The lowest BCUT2D eigenvalue weighted by atomic mass is 9.96. The van der Waals surface area contributed by atoms with E-state index >= 15 is 0 Å². The fourth-order valence-corrected chi connectivity index (χ4v) is 2.45. The molecule has 98 valence electrons. The van der Waals surface area contributed by atoms with Crippen LogP contribution in [-0.2, 0) is 0 Å². The first-order chi connectivity index (χ1) is 8.65. The van der Waals surface area contributed by atoms with Gasteiger partial charge in [-0.15, -0.1) is 0 Å². The molecule has 0 heterocycles. The summed E-state index contributed by atoms with van der Waals surface area (Å²) in [6.45, 7) is 0. The third kappa shape index (κ3) is 3.70. The van der Waals surface area contributed by atoms with Crippen LogP contribution in [0.15, 0.2) is 22.7 Å². The normalized spacial score (nSPS) is 16.3. The highest BCUT2D eigenvalue weighted by Crippen LogP contribution is 2.22. The minimum absolute atomic E-state index is 0.204. The van der Waals surface area contributed by atoms with Crippen LogP contribution in [0.1, 0.15) is 32.1 Å². The van der Waals surface area contributed by atoms with E-state index in [4.69, 9.17) is 4.74 Å². The molecule has 0 atom stereocenters. The Morgan fingerprint density at radius 2 is 2.06 bits per heavy atom. The number of benzene rings is 1. The van der Waals surface area contributed by atoms with E-state index in [0.29, 0.717) is 5.75 Å². The second kappa shape index (κ2) is 6.18. The number of carbonyl (C=O) groups excluding carboxylic acids is 1. The van der Waals surface area contributed by atoms with Crippen LogP contribution in [0.2, 0.25) is 0 Å². The zero-order valence-corrected chi connectivity index (χ0v) is 11.5. The number of halogens is 2. The Labute approximate surface area is 114 Å². The molecule has 0 aromatic heterocycles. The van der Waals surface area contributed by atoms with Crippen LogP contribution in [0.5, 0.6) is 5.75 Å². The second-order valence-electron chi connectivity index (χ2n) is 4.44. The van der Waals surface area contributed by atoms with Gasteiger partial charge in [0.2, 0.25) is 0 Å². The maximum Gasteiger partial charge on any atom is 0.412 e. The third-order valence-electron chi connectivity index (χ3n) is 3.03. The summed E-state index contributed by atoms with van der Waals surface area (Å²) in [4.78, 5) is 11.6. The first-order valence-electron chi connectivity index (χ1n) is 6.08. The lowest BCUT2D eigenvalue weighted by molar-refractivity contribution is 0.192. The molecule has 1 saturated carbocycles. The predicted octanol–water partition coefficient (Wildman–Crippen LogP) is 4.01. The first kappa shape index (κ1) is 13.3. The van der Waals surface area contributed by atoms with Crippen molar-refractivity contribution in [2.45, 2.75) is 38.1 Å². The zero-order chi connectivity index (χ0) is 13.0. The molecular formula is C13H15BrFNO2. The number of hydrogen-bond donors (Lipinski definition) is 1. The Morgan fingerprint density at radius 1 is 1.33 bits per heavy atom. The first-order valence-corrected chi connectivity index (χ1v) is 6.88. The Kier molecular flexibility index (Phi) is 4.58. The number of carbonyl (C=O) groups is 1. The summed E-state index contributed by atoms with van der Waals surface area (Å²) in [5.74, 6) is -0.0494. The minimum atomic E-state index is -0.472. The van der Waals surface area contributed by atoms with Crippen molar-refractivity contribution in [2.75, 3.05) is 0 Å². The Bertz CT molecular complexity index is 433. The molecule has 2 rings (SSSR count). The van der Waals surface area contributed by atoms with Gasteiger partial charge in [0, 0.05) is 6.04 Å². The van der Waals surface area contributed by atoms with Crippen LogP contribution in [0.3, 0.4) is 0 Å². The Balaban J connectivity index is 1.88. The number of nitrogens with one attached hydrogen (secondary N) is 1. The van der Waals surface area contributed by atoms with E-state index in [1.54, 1.807) is 0 Å². The maximum atomic E-state index is 13.0. The fraction of sp³-hybridized carbons (Fsp3) is 0.462. The average molecular weight is 316 g/mol. The highest BCUT2D eigenvalue weighted by Gasteiger charge is 2.16. The summed E-state index contributed by atoms with van der Waals surface area (Å²) in [7, 11) is 0. The number of rotatable bonds is 2. The summed E-state index contributed by atoms with van der Waals surface area (Å²) >= 11 is 3.05. The number of ether oxygens (including phenoxy) is 1. The van der Waals surface area contributed by atoms with Crippen molar-refractivity contribution in [2.24, 2.45) is 0 Å². The molecule has 1 amide bonds. The lowest BCUT2D eigenvalue weighted by Crippen LogP contribution is -2.37. The van der Waals surface area contributed by atoms with E-state index < -0.39 is 6.09 Å². The molecule has 0 bridgehead atoms. The van der Waals surface area contributed by atoms with Gasteiger partial charge in [-0.1, -0.05) is 19.3 Å². The average Bonchev–Trinajstić information content (AvgIpc) is 2.35. The highest BCUT2D eigenvalue weighted by molar-refractivity contribution is 9.10. The maximum absolute atomic E-state index is 13.0. The SMILES string of the molecule is O=C(NC1CCCCC1)Oc1ccc(F)c(Br)c1. The Hall–Kier alpha value is -1.10. The van der Waals surface area contributed by atoms with E-state index in [-0.39, 0.29) is 16.3 Å². The predicted molar refractivity (Wildman–Crippen MR) is 70.1 cm³/mol. The molecule has 1 fully saturated rings. The van der Waals surface area contributed by atoms with Crippen LogP contribution in [-0.4, -0.2) is 12.1 Å². The monoisotopic (exact) mass is 315 g/mol. The number of hydrogen-bond acceptors (Lipinski definition) is 2.